The molecule has 0 aliphatic heterocycles. The van der Waals surface area contributed by atoms with Crippen molar-refractivity contribution < 1.29 is 0 Å². The highest BCUT2D eigenvalue weighted by atomic mass is 15.1. The van der Waals surface area contributed by atoms with Crippen molar-refractivity contribution in [1.82, 2.24) is 4.90 Å². The largest absolute Gasteiger partial charge is 0.327 e. The first kappa shape index (κ1) is 14.2. The van der Waals surface area contributed by atoms with Gasteiger partial charge in [0.15, 0.2) is 0 Å². The number of hydrogen-bond donors (Lipinski definition) is 1. The van der Waals surface area contributed by atoms with Gasteiger partial charge in [-0.05, 0) is 45.0 Å². The fraction of sp³-hybridized carbons (Fsp3) is 0.600. The SMILES string of the molecule is CCN(CC)CCC(N)Cc1ccc(C)cc1. The van der Waals surface area contributed by atoms with Gasteiger partial charge >= 0.3 is 0 Å². The van der Waals surface area contributed by atoms with Crippen LogP contribution in [0.4, 0.5) is 0 Å². The highest BCUT2D eigenvalue weighted by Gasteiger charge is 2.06. The number of rotatable bonds is 7. The van der Waals surface area contributed by atoms with Crippen LogP contribution in [-0.4, -0.2) is 30.6 Å². The van der Waals surface area contributed by atoms with Crippen molar-refractivity contribution >= 4 is 0 Å². The van der Waals surface area contributed by atoms with E-state index in [1.165, 1.54) is 11.1 Å². The third kappa shape index (κ3) is 5.33. The van der Waals surface area contributed by atoms with Gasteiger partial charge in [-0.1, -0.05) is 43.7 Å². The molecule has 2 heteroatoms. The molecule has 2 nitrogen and oxygen atoms in total. The van der Waals surface area contributed by atoms with Gasteiger partial charge < -0.3 is 10.6 Å². The smallest absolute Gasteiger partial charge is 0.00914 e. The molecule has 0 saturated carbocycles. The lowest BCUT2D eigenvalue weighted by Gasteiger charge is -2.20. The van der Waals surface area contributed by atoms with Crippen molar-refractivity contribution in [3.05, 3.63) is 35.4 Å². The highest BCUT2D eigenvalue weighted by Crippen LogP contribution is 2.07. The Morgan fingerprint density at radius 3 is 2.24 bits per heavy atom. The summed E-state index contributed by atoms with van der Waals surface area (Å²) in [7, 11) is 0. The van der Waals surface area contributed by atoms with Gasteiger partial charge in [0, 0.05) is 6.04 Å². The van der Waals surface area contributed by atoms with Crippen LogP contribution in [-0.2, 0) is 6.42 Å². The standard InChI is InChI=1S/C15H26N2/c1-4-17(5-2)11-10-15(16)12-14-8-6-13(3)7-9-14/h6-9,15H,4-5,10-12,16H2,1-3H3. The minimum atomic E-state index is 0.276. The second-order valence-electron chi connectivity index (χ2n) is 4.77. The van der Waals surface area contributed by atoms with Crippen LogP contribution in [0.3, 0.4) is 0 Å². The molecule has 0 bridgehead atoms. The summed E-state index contributed by atoms with van der Waals surface area (Å²) in [6, 6.07) is 8.97. The van der Waals surface area contributed by atoms with Gasteiger partial charge in [-0.25, -0.2) is 0 Å². The number of benzene rings is 1. The lowest BCUT2D eigenvalue weighted by atomic mass is 10.0. The van der Waals surface area contributed by atoms with E-state index in [4.69, 9.17) is 5.73 Å². The van der Waals surface area contributed by atoms with Crippen molar-refractivity contribution in [3.8, 4) is 0 Å². The number of hydrogen-bond acceptors (Lipinski definition) is 2. The predicted octanol–water partition coefficient (Wildman–Crippen LogP) is 2.60. The molecule has 1 aromatic carbocycles. The van der Waals surface area contributed by atoms with Crippen LogP contribution in [0.25, 0.3) is 0 Å². The van der Waals surface area contributed by atoms with Gasteiger partial charge in [0.05, 0.1) is 0 Å². The summed E-state index contributed by atoms with van der Waals surface area (Å²) < 4.78 is 0. The van der Waals surface area contributed by atoms with E-state index in [0.29, 0.717) is 0 Å². The molecule has 96 valence electrons. The van der Waals surface area contributed by atoms with Gasteiger partial charge in [0.2, 0.25) is 0 Å². The molecule has 0 radical (unpaired) electrons. The van der Waals surface area contributed by atoms with E-state index in [1.807, 2.05) is 0 Å². The monoisotopic (exact) mass is 234 g/mol. The Kier molecular flexibility index (Phi) is 6.23. The second-order valence-corrected chi connectivity index (χ2v) is 4.77. The van der Waals surface area contributed by atoms with Gasteiger partial charge in [-0.2, -0.15) is 0 Å². The van der Waals surface area contributed by atoms with Crippen LogP contribution in [0, 0.1) is 6.92 Å². The maximum atomic E-state index is 6.17. The molecule has 0 aliphatic rings. The summed E-state index contributed by atoms with van der Waals surface area (Å²) in [5.41, 5.74) is 8.84. The molecular weight excluding hydrogens is 208 g/mol. The summed E-state index contributed by atoms with van der Waals surface area (Å²) >= 11 is 0. The van der Waals surface area contributed by atoms with Crippen LogP contribution in [0.5, 0.6) is 0 Å². The molecule has 1 rings (SSSR count). The predicted molar refractivity (Wildman–Crippen MR) is 75.3 cm³/mol. The van der Waals surface area contributed by atoms with E-state index in [9.17, 15) is 0 Å². The Bertz CT molecular complexity index is 301. The average molecular weight is 234 g/mol. The normalized spacial score (nSPS) is 13.0. The first-order chi connectivity index (χ1) is 8.15. The molecule has 0 saturated heterocycles. The maximum absolute atomic E-state index is 6.17. The summed E-state index contributed by atoms with van der Waals surface area (Å²) in [5, 5.41) is 0. The molecule has 17 heavy (non-hydrogen) atoms. The lowest BCUT2D eigenvalue weighted by molar-refractivity contribution is 0.290. The molecule has 2 N–H and O–H groups in total. The molecular formula is C15H26N2. The minimum absolute atomic E-state index is 0.276. The Morgan fingerprint density at radius 1 is 1.12 bits per heavy atom. The van der Waals surface area contributed by atoms with Crippen LogP contribution < -0.4 is 5.73 Å². The fourth-order valence-electron chi connectivity index (χ4n) is 2.02. The molecule has 0 aliphatic carbocycles. The van der Waals surface area contributed by atoms with Crippen molar-refractivity contribution in [1.29, 1.82) is 0 Å². The van der Waals surface area contributed by atoms with Crippen LogP contribution in [0.15, 0.2) is 24.3 Å². The van der Waals surface area contributed by atoms with Crippen molar-refractivity contribution in [2.24, 2.45) is 5.73 Å². The molecule has 0 amide bonds. The summed E-state index contributed by atoms with van der Waals surface area (Å²) in [4.78, 5) is 2.43. The first-order valence-electron chi connectivity index (χ1n) is 6.69. The molecule has 1 unspecified atom stereocenters. The molecule has 1 aromatic rings. The Balaban J connectivity index is 2.34. The minimum Gasteiger partial charge on any atom is -0.327 e. The fourth-order valence-corrected chi connectivity index (χ4v) is 2.02. The van der Waals surface area contributed by atoms with Gasteiger partial charge in [0.25, 0.3) is 0 Å². The summed E-state index contributed by atoms with van der Waals surface area (Å²) in [6.07, 6.45) is 2.07. The Morgan fingerprint density at radius 2 is 1.71 bits per heavy atom. The topological polar surface area (TPSA) is 29.3 Å². The van der Waals surface area contributed by atoms with Crippen LogP contribution in [0.2, 0.25) is 0 Å². The average Bonchev–Trinajstić information content (AvgIpc) is 2.33. The van der Waals surface area contributed by atoms with E-state index in [2.05, 4.69) is 49.9 Å². The lowest BCUT2D eigenvalue weighted by Crippen LogP contribution is -2.31. The number of aryl methyl sites for hydroxylation is 1. The molecule has 0 spiro atoms. The van der Waals surface area contributed by atoms with Crippen molar-refractivity contribution in [2.75, 3.05) is 19.6 Å². The molecule has 1 atom stereocenters. The van der Waals surface area contributed by atoms with Crippen molar-refractivity contribution in [2.45, 2.75) is 39.7 Å². The highest BCUT2D eigenvalue weighted by molar-refractivity contribution is 5.21. The van der Waals surface area contributed by atoms with Crippen LogP contribution in [0.1, 0.15) is 31.4 Å². The van der Waals surface area contributed by atoms with E-state index in [1.54, 1.807) is 0 Å². The third-order valence-corrected chi connectivity index (χ3v) is 3.33. The summed E-state index contributed by atoms with van der Waals surface area (Å²) in [6.45, 7) is 9.87. The van der Waals surface area contributed by atoms with E-state index >= 15 is 0 Å². The zero-order valence-corrected chi connectivity index (χ0v) is 11.4. The Labute approximate surface area is 106 Å². The van der Waals surface area contributed by atoms with E-state index in [-0.39, 0.29) is 6.04 Å². The van der Waals surface area contributed by atoms with Gasteiger partial charge in [0.1, 0.15) is 0 Å². The number of nitrogens with two attached hydrogens (primary N) is 1. The first-order valence-corrected chi connectivity index (χ1v) is 6.69. The molecule has 0 aromatic heterocycles. The Hall–Kier alpha value is -0.860. The zero-order valence-electron chi connectivity index (χ0n) is 11.4. The zero-order chi connectivity index (χ0) is 12.7. The molecule has 0 heterocycles. The van der Waals surface area contributed by atoms with Gasteiger partial charge in [-0.3, -0.25) is 0 Å². The quantitative estimate of drug-likeness (QED) is 0.786. The third-order valence-electron chi connectivity index (χ3n) is 3.33. The second kappa shape index (κ2) is 7.46. The molecule has 0 fully saturated rings. The van der Waals surface area contributed by atoms with E-state index in [0.717, 1.165) is 32.5 Å². The maximum Gasteiger partial charge on any atom is 0.00914 e. The summed E-state index contributed by atoms with van der Waals surface area (Å²) in [5.74, 6) is 0. The van der Waals surface area contributed by atoms with Gasteiger partial charge in [-0.15, -0.1) is 0 Å². The van der Waals surface area contributed by atoms with E-state index < -0.39 is 0 Å². The van der Waals surface area contributed by atoms with Crippen molar-refractivity contribution in [3.63, 3.8) is 0 Å². The number of nitrogens with zero attached hydrogens (tertiary/aromatic N) is 1. The van der Waals surface area contributed by atoms with Crippen LogP contribution >= 0.6 is 0 Å².